The Morgan fingerprint density at radius 3 is 2.70 bits per heavy atom. The van der Waals surface area contributed by atoms with Gasteiger partial charge in [0.05, 0.1) is 0 Å². The van der Waals surface area contributed by atoms with Crippen LogP contribution in [0.15, 0.2) is 30.3 Å². The summed E-state index contributed by atoms with van der Waals surface area (Å²) in [5.74, 6) is 0.518. The Balaban J connectivity index is 1.94. The Morgan fingerprint density at radius 1 is 1.30 bits per heavy atom. The molecule has 0 aliphatic heterocycles. The van der Waals surface area contributed by atoms with Crippen LogP contribution in [-0.4, -0.2) is 31.0 Å². The SMILES string of the molecule is CN(CC1CCCCC1)C(=O)/C=C/c1ccccc1OC(F)F. The minimum atomic E-state index is -2.88. The van der Waals surface area contributed by atoms with Gasteiger partial charge in [0, 0.05) is 25.2 Å². The maximum atomic E-state index is 12.4. The molecule has 1 saturated carbocycles. The number of ether oxygens (including phenoxy) is 1. The van der Waals surface area contributed by atoms with Crippen molar-refractivity contribution >= 4 is 12.0 Å². The third-order valence-electron chi connectivity index (χ3n) is 4.17. The molecule has 23 heavy (non-hydrogen) atoms. The van der Waals surface area contributed by atoms with Crippen LogP contribution in [0.4, 0.5) is 8.78 Å². The second-order valence-electron chi connectivity index (χ2n) is 5.97. The van der Waals surface area contributed by atoms with Crippen molar-refractivity contribution in [3.8, 4) is 5.75 Å². The molecule has 0 N–H and O–H groups in total. The second kappa shape index (κ2) is 8.65. The van der Waals surface area contributed by atoms with E-state index in [1.54, 1.807) is 30.1 Å². The lowest BCUT2D eigenvalue weighted by Gasteiger charge is -2.26. The number of halogens is 2. The minimum Gasteiger partial charge on any atom is -0.434 e. The fourth-order valence-corrected chi connectivity index (χ4v) is 2.96. The first-order chi connectivity index (χ1) is 11.1. The number of benzene rings is 1. The highest BCUT2D eigenvalue weighted by atomic mass is 19.3. The third-order valence-corrected chi connectivity index (χ3v) is 4.17. The Bertz CT molecular complexity index is 540. The number of rotatable bonds is 6. The Hall–Kier alpha value is -1.91. The van der Waals surface area contributed by atoms with Crippen molar-refractivity contribution in [1.82, 2.24) is 4.90 Å². The van der Waals surface area contributed by atoms with Crippen LogP contribution in [0.25, 0.3) is 6.08 Å². The second-order valence-corrected chi connectivity index (χ2v) is 5.97. The van der Waals surface area contributed by atoms with E-state index >= 15 is 0 Å². The lowest BCUT2D eigenvalue weighted by molar-refractivity contribution is -0.125. The van der Waals surface area contributed by atoms with Gasteiger partial charge >= 0.3 is 6.61 Å². The average Bonchev–Trinajstić information content (AvgIpc) is 2.54. The molecule has 1 aliphatic carbocycles. The van der Waals surface area contributed by atoms with Crippen LogP contribution in [0.1, 0.15) is 37.7 Å². The monoisotopic (exact) mass is 323 g/mol. The molecule has 1 aromatic carbocycles. The summed E-state index contributed by atoms with van der Waals surface area (Å²) < 4.78 is 29.2. The molecule has 0 unspecified atom stereocenters. The van der Waals surface area contributed by atoms with Crippen molar-refractivity contribution in [2.75, 3.05) is 13.6 Å². The van der Waals surface area contributed by atoms with E-state index in [0.29, 0.717) is 11.5 Å². The Kier molecular flexibility index (Phi) is 6.56. The van der Waals surface area contributed by atoms with E-state index < -0.39 is 6.61 Å². The van der Waals surface area contributed by atoms with Crippen molar-refractivity contribution < 1.29 is 18.3 Å². The number of hydrogen-bond acceptors (Lipinski definition) is 2. The number of nitrogens with zero attached hydrogens (tertiary/aromatic N) is 1. The molecule has 2 rings (SSSR count). The molecule has 1 fully saturated rings. The quantitative estimate of drug-likeness (QED) is 0.729. The minimum absolute atomic E-state index is 0.0708. The summed E-state index contributed by atoms with van der Waals surface area (Å²) in [6.45, 7) is -2.13. The topological polar surface area (TPSA) is 29.5 Å². The largest absolute Gasteiger partial charge is 0.434 e. The van der Waals surface area contributed by atoms with Gasteiger partial charge in [-0.2, -0.15) is 8.78 Å². The summed E-state index contributed by atoms with van der Waals surface area (Å²) in [5, 5.41) is 0. The van der Waals surface area contributed by atoms with E-state index in [-0.39, 0.29) is 11.7 Å². The average molecular weight is 323 g/mol. The smallest absolute Gasteiger partial charge is 0.387 e. The van der Waals surface area contributed by atoms with Crippen LogP contribution >= 0.6 is 0 Å². The number of carbonyl (C=O) groups excluding carboxylic acids is 1. The highest BCUT2D eigenvalue weighted by Gasteiger charge is 2.17. The van der Waals surface area contributed by atoms with Gasteiger partial charge in [0.15, 0.2) is 0 Å². The Labute approximate surface area is 135 Å². The number of likely N-dealkylation sites (N-methyl/N-ethyl adjacent to an activating group) is 1. The molecule has 0 bridgehead atoms. The number of amides is 1. The van der Waals surface area contributed by atoms with E-state index in [9.17, 15) is 13.6 Å². The van der Waals surface area contributed by atoms with Gasteiger partial charge in [-0.1, -0.05) is 37.5 Å². The molecule has 0 radical (unpaired) electrons. The molecule has 3 nitrogen and oxygen atoms in total. The van der Waals surface area contributed by atoms with Gasteiger partial charge in [0.2, 0.25) is 5.91 Å². The summed E-state index contributed by atoms with van der Waals surface area (Å²) in [7, 11) is 1.78. The summed E-state index contributed by atoms with van der Waals surface area (Å²) in [6, 6.07) is 6.44. The summed E-state index contributed by atoms with van der Waals surface area (Å²) >= 11 is 0. The van der Waals surface area contributed by atoms with Gasteiger partial charge in [-0.3, -0.25) is 4.79 Å². The van der Waals surface area contributed by atoms with E-state index in [1.807, 2.05) is 0 Å². The lowest BCUT2D eigenvalue weighted by atomic mass is 9.89. The maximum absolute atomic E-state index is 12.4. The molecule has 126 valence electrons. The van der Waals surface area contributed by atoms with Crippen molar-refractivity contribution in [2.24, 2.45) is 5.92 Å². The Morgan fingerprint density at radius 2 is 2.00 bits per heavy atom. The van der Waals surface area contributed by atoms with Crippen LogP contribution in [-0.2, 0) is 4.79 Å². The lowest BCUT2D eigenvalue weighted by Crippen LogP contribution is -2.31. The molecule has 0 aromatic heterocycles. The van der Waals surface area contributed by atoms with Crippen LogP contribution in [0.5, 0.6) is 5.75 Å². The fraction of sp³-hybridized carbons (Fsp3) is 0.500. The van der Waals surface area contributed by atoms with Crippen molar-refractivity contribution in [2.45, 2.75) is 38.7 Å². The predicted molar refractivity (Wildman–Crippen MR) is 86.3 cm³/mol. The molecule has 0 atom stereocenters. The van der Waals surface area contributed by atoms with Crippen molar-refractivity contribution in [1.29, 1.82) is 0 Å². The normalized spacial score (nSPS) is 16.0. The van der Waals surface area contributed by atoms with Crippen LogP contribution < -0.4 is 4.74 Å². The molecule has 1 aromatic rings. The van der Waals surface area contributed by atoms with Crippen LogP contribution in [0, 0.1) is 5.92 Å². The molecule has 0 heterocycles. The number of carbonyl (C=O) groups is 1. The maximum Gasteiger partial charge on any atom is 0.387 e. The summed E-state index contributed by atoms with van der Waals surface area (Å²) in [5.41, 5.74) is 0.465. The van der Waals surface area contributed by atoms with Gasteiger partial charge in [-0.05, 0) is 30.9 Å². The van der Waals surface area contributed by atoms with Gasteiger partial charge in [-0.25, -0.2) is 0 Å². The standard InChI is InChI=1S/C18H23F2NO2/c1-21(13-14-7-3-2-4-8-14)17(22)12-11-15-9-5-6-10-16(15)23-18(19)20/h5-6,9-12,14,18H,2-4,7-8,13H2,1H3/b12-11+. The molecule has 5 heteroatoms. The fourth-order valence-electron chi connectivity index (χ4n) is 2.96. The van der Waals surface area contributed by atoms with Gasteiger partial charge in [0.1, 0.15) is 5.75 Å². The first-order valence-corrected chi connectivity index (χ1v) is 8.03. The first-order valence-electron chi connectivity index (χ1n) is 8.03. The number of hydrogen-bond donors (Lipinski definition) is 0. The zero-order valence-electron chi connectivity index (χ0n) is 13.4. The zero-order chi connectivity index (χ0) is 16.7. The van der Waals surface area contributed by atoms with Gasteiger partial charge in [-0.15, -0.1) is 0 Å². The molecule has 1 aliphatic rings. The van der Waals surface area contributed by atoms with E-state index in [4.69, 9.17) is 0 Å². The molecule has 1 amide bonds. The number of alkyl halides is 2. The highest BCUT2D eigenvalue weighted by molar-refractivity contribution is 5.92. The molecule has 0 spiro atoms. The zero-order valence-corrected chi connectivity index (χ0v) is 13.4. The predicted octanol–water partition coefficient (Wildman–Crippen LogP) is 4.34. The molecular weight excluding hydrogens is 300 g/mol. The van der Waals surface area contributed by atoms with E-state index in [0.717, 1.165) is 6.54 Å². The number of para-hydroxylation sites is 1. The van der Waals surface area contributed by atoms with Gasteiger partial charge in [0.25, 0.3) is 0 Å². The molecular formula is C18H23F2NO2. The van der Waals surface area contributed by atoms with Crippen molar-refractivity contribution in [3.63, 3.8) is 0 Å². The van der Waals surface area contributed by atoms with Crippen LogP contribution in [0.3, 0.4) is 0 Å². The van der Waals surface area contributed by atoms with Gasteiger partial charge < -0.3 is 9.64 Å². The summed E-state index contributed by atoms with van der Waals surface area (Å²) in [4.78, 5) is 13.9. The highest BCUT2D eigenvalue weighted by Crippen LogP contribution is 2.24. The third kappa shape index (κ3) is 5.66. The van der Waals surface area contributed by atoms with Crippen LogP contribution in [0.2, 0.25) is 0 Å². The summed E-state index contributed by atoms with van der Waals surface area (Å²) in [6.07, 6.45) is 9.05. The van der Waals surface area contributed by atoms with E-state index in [1.165, 1.54) is 50.3 Å². The van der Waals surface area contributed by atoms with Crippen molar-refractivity contribution in [3.05, 3.63) is 35.9 Å². The first kappa shape index (κ1) is 17.4. The molecule has 0 saturated heterocycles. The van der Waals surface area contributed by atoms with E-state index in [2.05, 4.69) is 4.74 Å².